The van der Waals surface area contributed by atoms with E-state index in [0.717, 1.165) is 48.2 Å². The highest BCUT2D eigenvalue weighted by Gasteiger charge is 2.24. The topological polar surface area (TPSA) is 105 Å². The van der Waals surface area contributed by atoms with Crippen LogP contribution < -0.4 is 0 Å². The number of rotatable bonds is 6. The van der Waals surface area contributed by atoms with Crippen molar-refractivity contribution in [3.8, 4) is 34.2 Å². The zero-order chi connectivity index (χ0) is 22.6. The second-order valence-electron chi connectivity index (χ2n) is 8.59. The van der Waals surface area contributed by atoms with E-state index in [4.69, 9.17) is 5.11 Å². The van der Waals surface area contributed by atoms with Gasteiger partial charge in [-0.1, -0.05) is 30.3 Å². The number of aromatic amines is 1. The number of nitrogens with zero attached hydrogens (tertiary/aromatic N) is 4. The molecule has 1 saturated carbocycles. The summed E-state index contributed by atoms with van der Waals surface area (Å²) in [6, 6.07) is 18.2. The number of hydrogen-bond acceptors (Lipinski definition) is 5. The zero-order valence-corrected chi connectivity index (χ0v) is 18.2. The maximum Gasteiger partial charge on any atom is 0.303 e. The first-order valence-corrected chi connectivity index (χ1v) is 11.3. The Bertz CT molecular complexity index is 1210. The Hall–Kier alpha value is -3.87. The van der Waals surface area contributed by atoms with Crippen molar-refractivity contribution >= 4 is 5.97 Å². The van der Waals surface area contributed by atoms with Gasteiger partial charge in [-0.15, -0.1) is 0 Å². The van der Waals surface area contributed by atoms with Crippen molar-refractivity contribution < 1.29 is 9.90 Å². The fourth-order valence-corrected chi connectivity index (χ4v) is 4.58. The van der Waals surface area contributed by atoms with E-state index in [9.17, 15) is 4.79 Å². The van der Waals surface area contributed by atoms with Gasteiger partial charge in [-0.3, -0.25) is 19.9 Å². The molecule has 0 aliphatic heterocycles. The minimum absolute atomic E-state index is 0.297. The van der Waals surface area contributed by atoms with Gasteiger partial charge in [0.1, 0.15) is 5.69 Å². The van der Waals surface area contributed by atoms with Crippen molar-refractivity contribution in [2.24, 2.45) is 5.92 Å². The number of H-pyrrole nitrogens is 1. The Morgan fingerprint density at radius 3 is 2.36 bits per heavy atom. The van der Waals surface area contributed by atoms with Crippen LogP contribution >= 0.6 is 0 Å². The Morgan fingerprint density at radius 2 is 1.70 bits per heavy atom. The maximum atomic E-state index is 10.9. The first-order valence-electron chi connectivity index (χ1n) is 11.3. The lowest BCUT2D eigenvalue weighted by molar-refractivity contribution is -0.138. The summed E-state index contributed by atoms with van der Waals surface area (Å²) in [5.74, 6) is 1.37. The van der Waals surface area contributed by atoms with Crippen LogP contribution in [0.2, 0.25) is 0 Å². The van der Waals surface area contributed by atoms with E-state index in [0.29, 0.717) is 29.9 Å². The lowest BCUT2D eigenvalue weighted by atomic mass is 9.77. The van der Waals surface area contributed by atoms with E-state index in [1.54, 1.807) is 12.4 Å². The Balaban J connectivity index is 1.25. The smallest absolute Gasteiger partial charge is 0.303 e. The third kappa shape index (κ3) is 4.82. The largest absolute Gasteiger partial charge is 0.481 e. The average molecular weight is 440 g/mol. The van der Waals surface area contributed by atoms with Gasteiger partial charge in [0.05, 0.1) is 5.69 Å². The van der Waals surface area contributed by atoms with Crippen molar-refractivity contribution in [3.05, 3.63) is 72.6 Å². The molecule has 5 rings (SSSR count). The summed E-state index contributed by atoms with van der Waals surface area (Å²) in [4.78, 5) is 24.4. The molecule has 166 valence electrons. The van der Waals surface area contributed by atoms with E-state index >= 15 is 0 Å². The molecule has 0 bridgehead atoms. The first-order chi connectivity index (χ1) is 16.2. The Morgan fingerprint density at radius 1 is 0.909 bits per heavy atom. The minimum atomic E-state index is -0.682. The number of hydrogen-bond donors (Lipinski definition) is 2. The molecule has 0 spiro atoms. The normalized spacial score (nSPS) is 18.2. The van der Waals surface area contributed by atoms with E-state index in [-0.39, 0.29) is 0 Å². The van der Waals surface area contributed by atoms with Crippen LogP contribution in [0.4, 0.5) is 0 Å². The summed E-state index contributed by atoms with van der Waals surface area (Å²) < 4.78 is 0. The predicted octanol–water partition coefficient (Wildman–Crippen LogP) is 5.34. The van der Waals surface area contributed by atoms with Crippen molar-refractivity contribution in [1.29, 1.82) is 0 Å². The van der Waals surface area contributed by atoms with E-state index < -0.39 is 5.97 Å². The molecule has 1 aliphatic rings. The molecule has 0 unspecified atom stereocenters. The first kappa shape index (κ1) is 21.0. The molecule has 1 aromatic carbocycles. The van der Waals surface area contributed by atoms with Gasteiger partial charge in [-0.05, 0) is 67.3 Å². The molecule has 0 atom stereocenters. The number of benzene rings is 1. The molecule has 33 heavy (non-hydrogen) atoms. The van der Waals surface area contributed by atoms with Gasteiger partial charge in [0, 0.05) is 29.9 Å². The van der Waals surface area contributed by atoms with Crippen LogP contribution in [0.25, 0.3) is 34.2 Å². The molecule has 7 heteroatoms. The van der Waals surface area contributed by atoms with Crippen molar-refractivity contribution in [2.75, 3.05) is 0 Å². The number of carbonyl (C=O) groups is 1. The van der Waals surface area contributed by atoms with Gasteiger partial charge in [-0.2, -0.15) is 5.10 Å². The highest BCUT2D eigenvalue weighted by molar-refractivity contribution is 5.67. The van der Waals surface area contributed by atoms with Crippen molar-refractivity contribution in [1.82, 2.24) is 25.1 Å². The van der Waals surface area contributed by atoms with Gasteiger partial charge in [0.2, 0.25) is 0 Å². The van der Waals surface area contributed by atoms with Gasteiger partial charge in [-0.25, -0.2) is 4.98 Å². The monoisotopic (exact) mass is 439 g/mol. The van der Waals surface area contributed by atoms with Crippen LogP contribution in [0.15, 0.2) is 67.0 Å². The Kier molecular flexibility index (Phi) is 5.93. The third-order valence-electron chi connectivity index (χ3n) is 6.40. The van der Waals surface area contributed by atoms with Crippen LogP contribution in [-0.2, 0) is 4.79 Å². The second kappa shape index (κ2) is 9.32. The van der Waals surface area contributed by atoms with E-state index in [2.05, 4.69) is 49.4 Å². The Labute approximate surface area is 192 Å². The lowest BCUT2D eigenvalue weighted by Gasteiger charge is -2.28. The van der Waals surface area contributed by atoms with E-state index in [1.165, 1.54) is 5.56 Å². The number of carboxylic acid groups (broad SMARTS) is 1. The summed E-state index contributed by atoms with van der Waals surface area (Å²) in [6.45, 7) is 0. The molecule has 0 radical (unpaired) electrons. The molecular formula is C26H25N5O2. The average Bonchev–Trinajstić information content (AvgIpc) is 3.36. The van der Waals surface area contributed by atoms with Gasteiger partial charge in [0.15, 0.2) is 11.6 Å². The molecule has 2 N–H and O–H groups in total. The summed E-state index contributed by atoms with van der Waals surface area (Å²) >= 11 is 0. The SMILES string of the molecule is O=C(O)CC1CCC(c2ccc(-c3ccc(-c4n[nH]c(-c5ccccn5)n4)cn3)cc2)CC1. The number of nitrogens with one attached hydrogen (secondary N) is 1. The molecule has 3 aromatic heterocycles. The molecular weight excluding hydrogens is 414 g/mol. The quantitative estimate of drug-likeness (QED) is 0.420. The molecule has 0 amide bonds. The number of pyridine rings is 2. The fourth-order valence-electron chi connectivity index (χ4n) is 4.58. The molecule has 4 aromatic rings. The summed E-state index contributed by atoms with van der Waals surface area (Å²) in [5.41, 5.74) is 4.88. The standard InChI is InChI=1S/C26H25N5O2/c32-24(33)15-17-4-6-18(7-5-17)19-8-10-20(11-9-19)22-13-12-21(16-28-22)25-29-26(31-30-25)23-3-1-2-14-27-23/h1-3,8-14,16-18H,4-7,15H2,(H,32,33)(H,29,30,31). The van der Waals surface area contributed by atoms with Gasteiger partial charge in [0.25, 0.3) is 0 Å². The maximum absolute atomic E-state index is 10.9. The summed E-state index contributed by atoms with van der Waals surface area (Å²) in [5, 5.41) is 16.2. The van der Waals surface area contributed by atoms with Crippen molar-refractivity contribution in [3.63, 3.8) is 0 Å². The van der Waals surface area contributed by atoms with Crippen LogP contribution in [0.1, 0.15) is 43.6 Å². The van der Waals surface area contributed by atoms with E-state index in [1.807, 2.05) is 30.3 Å². The molecule has 1 aliphatic carbocycles. The minimum Gasteiger partial charge on any atom is -0.481 e. The van der Waals surface area contributed by atoms with Crippen LogP contribution in [-0.4, -0.2) is 36.2 Å². The molecule has 0 saturated heterocycles. The lowest BCUT2D eigenvalue weighted by Crippen LogP contribution is -2.16. The number of aliphatic carboxylic acids is 1. The molecule has 3 heterocycles. The number of carboxylic acids is 1. The van der Waals surface area contributed by atoms with Gasteiger partial charge < -0.3 is 5.11 Å². The number of aromatic nitrogens is 5. The van der Waals surface area contributed by atoms with Crippen LogP contribution in [0, 0.1) is 5.92 Å². The highest BCUT2D eigenvalue weighted by atomic mass is 16.4. The van der Waals surface area contributed by atoms with Crippen molar-refractivity contribution in [2.45, 2.75) is 38.0 Å². The molecule has 7 nitrogen and oxygen atoms in total. The predicted molar refractivity (Wildman–Crippen MR) is 125 cm³/mol. The van der Waals surface area contributed by atoms with Gasteiger partial charge >= 0.3 is 5.97 Å². The fraction of sp³-hybridized carbons (Fsp3) is 0.269. The van der Waals surface area contributed by atoms with Crippen LogP contribution in [0.3, 0.4) is 0 Å². The highest BCUT2D eigenvalue weighted by Crippen LogP contribution is 2.37. The molecule has 1 fully saturated rings. The van der Waals surface area contributed by atoms with Crippen LogP contribution in [0.5, 0.6) is 0 Å². The summed E-state index contributed by atoms with van der Waals surface area (Å²) in [6.07, 6.45) is 7.91. The second-order valence-corrected chi connectivity index (χ2v) is 8.59. The third-order valence-corrected chi connectivity index (χ3v) is 6.40. The summed E-state index contributed by atoms with van der Waals surface area (Å²) in [7, 11) is 0. The zero-order valence-electron chi connectivity index (χ0n) is 18.2.